The number of hydrogen-bond donors (Lipinski definition) is 1. The minimum Gasteiger partial charge on any atom is -0.410 e. The van der Waals surface area contributed by atoms with Crippen molar-refractivity contribution in [2.75, 3.05) is 5.33 Å². The maximum absolute atomic E-state index is 11.2. The van der Waals surface area contributed by atoms with Crippen LogP contribution in [0.25, 0.3) is 0 Å². The summed E-state index contributed by atoms with van der Waals surface area (Å²) in [7, 11) is 0. The number of ether oxygens (including phenoxy) is 1. The van der Waals surface area contributed by atoms with Crippen LogP contribution in [-0.4, -0.2) is 17.3 Å². The fraction of sp³-hybridized carbons (Fsp3) is 0.200. The minimum atomic E-state index is -0.757. The highest BCUT2D eigenvalue weighted by molar-refractivity contribution is 14.1. The first-order chi connectivity index (χ1) is 7.61. The van der Waals surface area contributed by atoms with Crippen LogP contribution in [0.1, 0.15) is 6.42 Å². The zero-order valence-electron chi connectivity index (χ0n) is 8.20. The van der Waals surface area contributed by atoms with Gasteiger partial charge in [-0.15, -0.1) is 0 Å². The van der Waals surface area contributed by atoms with Gasteiger partial charge in [-0.05, 0) is 46.9 Å². The van der Waals surface area contributed by atoms with Crippen molar-refractivity contribution in [2.24, 2.45) is 0 Å². The number of carbonyl (C=O) groups is 2. The average Bonchev–Trinajstić information content (AvgIpc) is 2.21. The third kappa shape index (κ3) is 4.93. The van der Waals surface area contributed by atoms with E-state index in [-0.39, 0.29) is 12.3 Å². The molecule has 0 radical (unpaired) electrons. The number of benzene rings is 1. The lowest BCUT2D eigenvalue weighted by molar-refractivity contribution is -0.119. The van der Waals surface area contributed by atoms with Gasteiger partial charge < -0.3 is 4.74 Å². The van der Waals surface area contributed by atoms with Crippen molar-refractivity contribution < 1.29 is 14.3 Å². The molecule has 0 spiro atoms. The Morgan fingerprint density at radius 1 is 1.31 bits per heavy atom. The molecule has 86 valence electrons. The Kier molecular flexibility index (Phi) is 5.75. The largest absolute Gasteiger partial charge is 0.419 e. The summed E-state index contributed by atoms with van der Waals surface area (Å²) >= 11 is 5.25. The molecular weight excluding hydrogens is 389 g/mol. The Balaban J connectivity index is 2.45. The molecule has 1 rings (SSSR count). The maximum atomic E-state index is 11.2. The molecular formula is C10H9BrINO3. The van der Waals surface area contributed by atoms with Crippen molar-refractivity contribution in [3.05, 3.63) is 27.8 Å². The van der Waals surface area contributed by atoms with Crippen molar-refractivity contribution in [2.45, 2.75) is 6.42 Å². The standard InChI is InChI=1S/C10H9BrINO3/c11-6-5-9(14)13-10(15)16-8-3-1-7(12)2-4-8/h1-4H,5-6H2,(H,13,14,15). The molecule has 1 aromatic rings. The first-order valence-corrected chi connectivity index (χ1v) is 6.65. The van der Waals surface area contributed by atoms with Gasteiger partial charge in [0.2, 0.25) is 5.91 Å². The summed E-state index contributed by atoms with van der Waals surface area (Å²) in [6.07, 6.45) is -0.519. The lowest BCUT2D eigenvalue weighted by Gasteiger charge is -2.04. The number of amides is 2. The second-order valence-electron chi connectivity index (χ2n) is 2.83. The summed E-state index contributed by atoms with van der Waals surface area (Å²) in [6, 6.07) is 6.94. The number of alkyl halides is 1. The molecule has 0 bridgehead atoms. The quantitative estimate of drug-likeness (QED) is 0.630. The van der Waals surface area contributed by atoms with E-state index < -0.39 is 6.09 Å². The van der Waals surface area contributed by atoms with Gasteiger partial charge >= 0.3 is 6.09 Å². The fourth-order valence-corrected chi connectivity index (χ4v) is 1.62. The molecule has 0 atom stereocenters. The molecule has 0 saturated heterocycles. The third-order valence-corrected chi connectivity index (χ3v) is 2.70. The molecule has 1 N–H and O–H groups in total. The van der Waals surface area contributed by atoms with Crippen molar-refractivity contribution in [1.82, 2.24) is 5.32 Å². The van der Waals surface area contributed by atoms with Crippen LogP contribution in [0.4, 0.5) is 4.79 Å². The Morgan fingerprint density at radius 3 is 2.50 bits per heavy atom. The number of nitrogens with one attached hydrogen (secondary N) is 1. The molecule has 16 heavy (non-hydrogen) atoms. The van der Waals surface area contributed by atoms with Crippen LogP contribution >= 0.6 is 38.5 Å². The summed E-state index contributed by atoms with van der Waals surface area (Å²) in [6.45, 7) is 0. The monoisotopic (exact) mass is 397 g/mol. The van der Waals surface area contributed by atoms with Gasteiger partial charge in [0.15, 0.2) is 0 Å². The van der Waals surface area contributed by atoms with Gasteiger partial charge in [-0.1, -0.05) is 15.9 Å². The van der Waals surface area contributed by atoms with Crippen molar-refractivity contribution in [1.29, 1.82) is 0 Å². The zero-order chi connectivity index (χ0) is 12.0. The molecule has 0 aromatic heterocycles. The molecule has 4 nitrogen and oxygen atoms in total. The van der Waals surface area contributed by atoms with Gasteiger partial charge in [0.05, 0.1) is 0 Å². The highest BCUT2D eigenvalue weighted by atomic mass is 127. The van der Waals surface area contributed by atoms with E-state index >= 15 is 0 Å². The lowest BCUT2D eigenvalue weighted by Crippen LogP contribution is -2.32. The summed E-state index contributed by atoms with van der Waals surface area (Å²) in [5, 5.41) is 2.62. The Bertz CT molecular complexity index is 380. The van der Waals surface area contributed by atoms with Crippen LogP contribution in [0.3, 0.4) is 0 Å². The zero-order valence-corrected chi connectivity index (χ0v) is 11.9. The summed E-state index contributed by atoms with van der Waals surface area (Å²) in [5.41, 5.74) is 0. The fourth-order valence-electron chi connectivity index (χ4n) is 0.897. The van der Waals surface area contributed by atoms with E-state index in [9.17, 15) is 9.59 Å². The van der Waals surface area contributed by atoms with Gasteiger partial charge in [0, 0.05) is 15.3 Å². The molecule has 0 fully saturated rings. The van der Waals surface area contributed by atoms with Crippen LogP contribution in [-0.2, 0) is 4.79 Å². The van der Waals surface area contributed by atoms with E-state index in [0.29, 0.717) is 11.1 Å². The molecule has 0 heterocycles. The summed E-state index contributed by atoms with van der Waals surface area (Å²) < 4.78 is 5.94. The van der Waals surface area contributed by atoms with Crippen LogP contribution in [0.15, 0.2) is 24.3 Å². The van der Waals surface area contributed by atoms with E-state index in [2.05, 4.69) is 43.8 Å². The predicted octanol–water partition coefficient (Wildman–Crippen LogP) is 2.69. The average molecular weight is 398 g/mol. The van der Waals surface area contributed by atoms with Gasteiger partial charge in [0.25, 0.3) is 0 Å². The molecule has 0 aliphatic rings. The van der Waals surface area contributed by atoms with Crippen molar-refractivity contribution >= 4 is 50.5 Å². The first-order valence-electron chi connectivity index (χ1n) is 4.45. The maximum Gasteiger partial charge on any atom is 0.419 e. The van der Waals surface area contributed by atoms with Gasteiger partial charge in [-0.25, -0.2) is 4.79 Å². The normalized spacial score (nSPS) is 9.62. The van der Waals surface area contributed by atoms with Crippen LogP contribution < -0.4 is 10.1 Å². The van der Waals surface area contributed by atoms with Gasteiger partial charge in [-0.3, -0.25) is 10.1 Å². The van der Waals surface area contributed by atoms with Crippen LogP contribution in [0, 0.1) is 3.57 Å². The second kappa shape index (κ2) is 6.85. The minimum absolute atomic E-state index is 0.238. The summed E-state index contributed by atoms with van der Waals surface area (Å²) in [5.74, 6) is 0.0388. The van der Waals surface area contributed by atoms with E-state index in [1.54, 1.807) is 12.1 Å². The smallest absolute Gasteiger partial charge is 0.410 e. The first kappa shape index (κ1) is 13.4. The number of hydrogen-bond acceptors (Lipinski definition) is 3. The number of imide groups is 1. The Labute approximate surface area is 115 Å². The highest BCUT2D eigenvalue weighted by Gasteiger charge is 2.08. The van der Waals surface area contributed by atoms with E-state index in [4.69, 9.17) is 4.74 Å². The van der Waals surface area contributed by atoms with Crippen molar-refractivity contribution in [3.8, 4) is 5.75 Å². The highest BCUT2D eigenvalue weighted by Crippen LogP contribution is 2.13. The van der Waals surface area contributed by atoms with Gasteiger partial charge in [-0.2, -0.15) is 0 Å². The molecule has 2 amide bonds. The SMILES string of the molecule is O=C(CCBr)NC(=O)Oc1ccc(I)cc1. The third-order valence-electron chi connectivity index (χ3n) is 1.59. The topological polar surface area (TPSA) is 55.4 Å². The van der Waals surface area contributed by atoms with Crippen molar-refractivity contribution in [3.63, 3.8) is 0 Å². The van der Waals surface area contributed by atoms with Crippen LogP contribution in [0.2, 0.25) is 0 Å². The molecule has 0 aliphatic heterocycles. The Morgan fingerprint density at radius 2 is 1.94 bits per heavy atom. The second-order valence-corrected chi connectivity index (χ2v) is 4.87. The molecule has 0 saturated carbocycles. The predicted molar refractivity (Wildman–Crippen MR) is 71.7 cm³/mol. The molecule has 1 aromatic carbocycles. The molecule has 0 aliphatic carbocycles. The van der Waals surface area contributed by atoms with Crippen LogP contribution in [0.5, 0.6) is 5.75 Å². The molecule has 6 heteroatoms. The number of rotatable bonds is 3. The Hall–Kier alpha value is -0.630. The summed E-state index contributed by atoms with van der Waals surface area (Å²) in [4.78, 5) is 22.3. The molecule has 0 unspecified atom stereocenters. The van der Waals surface area contributed by atoms with E-state index in [1.807, 2.05) is 12.1 Å². The number of halogens is 2. The van der Waals surface area contributed by atoms with Gasteiger partial charge in [0.1, 0.15) is 5.75 Å². The number of carbonyl (C=O) groups excluding carboxylic acids is 2. The lowest BCUT2D eigenvalue weighted by atomic mass is 10.3. The van der Waals surface area contributed by atoms with E-state index in [1.165, 1.54) is 0 Å². The van der Waals surface area contributed by atoms with E-state index in [0.717, 1.165) is 3.57 Å².